The number of rotatable bonds is 8. The number of ether oxygens (including phenoxy) is 2. The Bertz CT molecular complexity index is 1230. The molecule has 2 aliphatic rings. The number of nitrogens with one attached hydrogen (secondary N) is 2. The summed E-state index contributed by atoms with van der Waals surface area (Å²) in [6, 6.07) is 14.0. The van der Waals surface area contributed by atoms with Crippen molar-refractivity contribution in [1.29, 1.82) is 0 Å². The van der Waals surface area contributed by atoms with Crippen molar-refractivity contribution in [1.82, 2.24) is 20.5 Å². The van der Waals surface area contributed by atoms with E-state index in [2.05, 4.69) is 51.7 Å². The highest BCUT2D eigenvalue weighted by Crippen LogP contribution is 2.33. The van der Waals surface area contributed by atoms with Gasteiger partial charge >= 0.3 is 0 Å². The number of fused-ring (bicyclic) bond motifs is 1. The molecule has 1 unspecified atom stereocenters. The van der Waals surface area contributed by atoms with Gasteiger partial charge in [0.05, 0.1) is 6.54 Å². The van der Waals surface area contributed by atoms with Crippen LogP contribution in [0.4, 0.5) is 0 Å². The SMILES string of the molecule is Cc1ccc(CN(Cc2ccc3c(c2)OCO3)Cc2nc(C(=O)NC3CCCCNC3=O)cs2)cc1. The molecule has 0 radical (unpaired) electrons. The van der Waals surface area contributed by atoms with E-state index >= 15 is 0 Å². The predicted octanol–water partition coefficient (Wildman–Crippen LogP) is 3.78. The smallest absolute Gasteiger partial charge is 0.271 e. The standard InChI is InChI=1S/C27H30N4O4S/c1-18-5-7-19(8-6-18)13-31(14-20-9-10-23-24(12-20)35-17-34-23)15-25-29-22(16-36-25)27(33)30-21-4-2-3-11-28-26(21)32/h5-10,12,16,21H,2-4,11,13-15,17H2,1H3,(H,28,32)(H,30,33). The van der Waals surface area contributed by atoms with Gasteiger partial charge in [0.15, 0.2) is 11.5 Å². The Morgan fingerprint density at radius 3 is 2.72 bits per heavy atom. The van der Waals surface area contributed by atoms with Crippen LogP contribution in [0.2, 0.25) is 0 Å². The molecule has 1 saturated heterocycles. The second kappa shape index (κ2) is 11.1. The molecule has 36 heavy (non-hydrogen) atoms. The van der Waals surface area contributed by atoms with Gasteiger partial charge in [-0.1, -0.05) is 35.9 Å². The summed E-state index contributed by atoms with van der Waals surface area (Å²) in [5.41, 5.74) is 3.89. The fourth-order valence-electron chi connectivity index (χ4n) is 4.41. The molecule has 2 N–H and O–H groups in total. The molecule has 188 valence electrons. The Morgan fingerprint density at radius 1 is 1.08 bits per heavy atom. The lowest BCUT2D eigenvalue weighted by Crippen LogP contribution is -2.45. The number of aryl methyl sites for hydroxylation is 1. The minimum absolute atomic E-state index is 0.121. The summed E-state index contributed by atoms with van der Waals surface area (Å²) in [4.78, 5) is 31.9. The molecule has 0 spiro atoms. The minimum Gasteiger partial charge on any atom is -0.454 e. The summed E-state index contributed by atoms with van der Waals surface area (Å²) in [5, 5.41) is 8.32. The topological polar surface area (TPSA) is 92.8 Å². The van der Waals surface area contributed by atoms with E-state index in [1.165, 1.54) is 22.5 Å². The molecule has 0 saturated carbocycles. The lowest BCUT2D eigenvalue weighted by molar-refractivity contribution is -0.122. The van der Waals surface area contributed by atoms with Gasteiger partial charge in [0.2, 0.25) is 12.7 Å². The van der Waals surface area contributed by atoms with Gasteiger partial charge in [-0.15, -0.1) is 11.3 Å². The van der Waals surface area contributed by atoms with Crippen molar-refractivity contribution in [3.8, 4) is 11.5 Å². The first-order valence-corrected chi connectivity index (χ1v) is 13.1. The Morgan fingerprint density at radius 2 is 1.86 bits per heavy atom. The van der Waals surface area contributed by atoms with Gasteiger partial charge in [0.25, 0.3) is 5.91 Å². The highest BCUT2D eigenvalue weighted by molar-refractivity contribution is 7.09. The molecule has 0 bridgehead atoms. The quantitative estimate of drug-likeness (QED) is 0.483. The predicted molar refractivity (Wildman–Crippen MR) is 137 cm³/mol. The zero-order chi connectivity index (χ0) is 24.9. The molecule has 1 aromatic heterocycles. The number of nitrogens with zero attached hydrogens (tertiary/aromatic N) is 2. The summed E-state index contributed by atoms with van der Waals surface area (Å²) in [6.07, 6.45) is 2.48. The fourth-order valence-corrected chi connectivity index (χ4v) is 5.22. The third-order valence-electron chi connectivity index (χ3n) is 6.35. The number of amides is 2. The molecule has 3 heterocycles. The van der Waals surface area contributed by atoms with Crippen LogP contribution in [0.15, 0.2) is 47.8 Å². The van der Waals surface area contributed by atoms with Crippen molar-refractivity contribution in [3.63, 3.8) is 0 Å². The van der Waals surface area contributed by atoms with Crippen LogP contribution in [0, 0.1) is 6.92 Å². The van der Waals surface area contributed by atoms with Gasteiger partial charge < -0.3 is 20.1 Å². The van der Waals surface area contributed by atoms with Gasteiger partial charge in [-0.25, -0.2) is 4.98 Å². The molecular weight excluding hydrogens is 476 g/mol. The number of hydrogen-bond acceptors (Lipinski definition) is 7. The molecule has 0 aliphatic carbocycles. The van der Waals surface area contributed by atoms with E-state index in [0.717, 1.165) is 41.5 Å². The molecule has 2 aromatic carbocycles. The third kappa shape index (κ3) is 6.03. The van der Waals surface area contributed by atoms with Crippen LogP contribution in [0.5, 0.6) is 11.5 Å². The summed E-state index contributed by atoms with van der Waals surface area (Å²) < 4.78 is 11.0. The van der Waals surface area contributed by atoms with Crippen molar-refractivity contribution in [2.24, 2.45) is 0 Å². The first-order chi connectivity index (χ1) is 17.5. The molecular formula is C27H30N4O4S. The Balaban J connectivity index is 1.29. The number of aromatic nitrogens is 1. The van der Waals surface area contributed by atoms with E-state index in [1.54, 1.807) is 5.38 Å². The molecule has 9 heteroatoms. The molecule has 5 rings (SSSR count). The van der Waals surface area contributed by atoms with Gasteiger partial charge in [0.1, 0.15) is 16.7 Å². The molecule has 2 aliphatic heterocycles. The van der Waals surface area contributed by atoms with Crippen molar-refractivity contribution in [3.05, 3.63) is 75.2 Å². The first kappa shape index (κ1) is 24.3. The number of benzene rings is 2. The van der Waals surface area contributed by atoms with Crippen LogP contribution >= 0.6 is 11.3 Å². The molecule has 1 atom stereocenters. The lowest BCUT2D eigenvalue weighted by atomic mass is 10.1. The second-order valence-electron chi connectivity index (χ2n) is 9.26. The third-order valence-corrected chi connectivity index (χ3v) is 7.19. The minimum atomic E-state index is -0.505. The maximum absolute atomic E-state index is 12.8. The second-order valence-corrected chi connectivity index (χ2v) is 10.2. The number of carbonyl (C=O) groups excluding carboxylic acids is 2. The normalized spacial score (nSPS) is 17.1. The van der Waals surface area contributed by atoms with Gasteiger partial charge in [-0.2, -0.15) is 0 Å². The van der Waals surface area contributed by atoms with E-state index < -0.39 is 6.04 Å². The summed E-state index contributed by atoms with van der Waals surface area (Å²) in [5.74, 6) is 1.10. The molecule has 2 amide bonds. The number of thiazole rings is 1. The largest absolute Gasteiger partial charge is 0.454 e. The van der Waals surface area contributed by atoms with E-state index in [9.17, 15) is 9.59 Å². The fraction of sp³-hybridized carbons (Fsp3) is 0.370. The van der Waals surface area contributed by atoms with Crippen molar-refractivity contribution < 1.29 is 19.1 Å². The van der Waals surface area contributed by atoms with Gasteiger partial charge in [-0.05, 0) is 49.4 Å². The molecule has 3 aromatic rings. The molecule has 1 fully saturated rings. The monoisotopic (exact) mass is 506 g/mol. The van der Waals surface area contributed by atoms with E-state index in [1.807, 2.05) is 18.2 Å². The Hall–Kier alpha value is -3.43. The van der Waals surface area contributed by atoms with E-state index in [-0.39, 0.29) is 18.6 Å². The van der Waals surface area contributed by atoms with Crippen LogP contribution in [0.3, 0.4) is 0 Å². The highest BCUT2D eigenvalue weighted by atomic mass is 32.1. The summed E-state index contributed by atoms with van der Waals surface area (Å²) in [6.45, 7) is 5.00. The maximum atomic E-state index is 12.8. The van der Waals surface area contributed by atoms with E-state index in [0.29, 0.717) is 31.7 Å². The first-order valence-electron chi connectivity index (χ1n) is 12.2. The van der Waals surface area contributed by atoms with Gasteiger partial charge in [-0.3, -0.25) is 14.5 Å². The summed E-state index contributed by atoms with van der Waals surface area (Å²) in [7, 11) is 0. The maximum Gasteiger partial charge on any atom is 0.271 e. The zero-order valence-electron chi connectivity index (χ0n) is 20.3. The van der Waals surface area contributed by atoms with Gasteiger partial charge in [0, 0.05) is 25.0 Å². The van der Waals surface area contributed by atoms with Crippen molar-refractivity contribution >= 4 is 23.2 Å². The lowest BCUT2D eigenvalue weighted by Gasteiger charge is -2.22. The average Bonchev–Trinajstić information content (AvgIpc) is 3.49. The molecule has 8 nitrogen and oxygen atoms in total. The van der Waals surface area contributed by atoms with Crippen molar-refractivity contribution in [2.75, 3.05) is 13.3 Å². The van der Waals surface area contributed by atoms with E-state index in [4.69, 9.17) is 9.47 Å². The van der Waals surface area contributed by atoms with Crippen LogP contribution in [0.1, 0.15) is 51.4 Å². The summed E-state index contributed by atoms with van der Waals surface area (Å²) >= 11 is 1.46. The average molecular weight is 507 g/mol. The van der Waals surface area contributed by atoms with Crippen LogP contribution in [-0.2, 0) is 24.4 Å². The number of carbonyl (C=O) groups is 2. The van der Waals surface area contributed by atoms with Crippen LogP contribution in [-0.4, -0.2) is 41.1 Å². The van der Waals surface area contributed by atoms with Crippen LogP contribution in [0.25, 0.3) is 0 Å². The van der Waals surface area contributed by atoms with Crippen molar-refractivity contribution in [2.45, 2.75) is 51.9 Å². The Labute approximate surface area is 214 Å². The highest BCUT2D eigenvalue weighted by Gasteiger charge is 2.24. The number of hydrogen-bond donors (Lipinski definition) is 2. The Kier molecular flexibility index (Phi) is 7.48. The van der Waals surface area contributed by atoms with Crippen LogP contribution < -0.4 is 20.1 Å². The zero-order valence-corrected chi connectivity index (χ0v) is 21.1.